The molecule has 10 nitrogen and oxygen atoms in total. The minimum absolute atomic E-state index is 0.0427. The van der Waals surface area contributed by atoms with Crippen LogP contribution in [0.2, 0.25) is 0 Å². The van der Waals surface area contributed by atoms with Crippen molar-refractivity contribution < 1.29 is 22.7 Å². The highest BCUT2D eigenvalue weighted by Crippen LogP contribution is 2.38. The van der Waals surface area contributed by atoms with Crippen LogP contribution in [-0.2, 0) is 27.6 Å². The minimum atomic E-state index is -3.88. The van der Waals surface area contributed by atoms with E-state index in [0.29, 0.717) is 22.9 Å². The van der Waals surface area contributed by atoms with E-state index in [-0.39, 0.29) is 27.7 Å². The standard InChI is InChI=1S/C24H27N5O5S3/c1-3-34-23(30)21-17-7-5-4-6-8-18(17)36-22(21)28-24(35)27-15-9-11-16(12-10-15)37(31,32)29-19-13-20(33-2)26-14-25-19/h9-14H,3-8H2,1-2H3,(H,25,26,29)(H2,27,28,35). The Morgan fingerprint density at radius 3 is 2.59 bits per heavy atom. The molecule has 1 aliphatic carbocycles. The number of hydrogen-bond acceptors (Lipinski definition) is 9. The predicted molar refractivity (Wildman–Crippen MR) is 147 cm³/mol. The Morgan fingerprint density at radius 1 is 1.11 bits per heavy atom. The second kappa shape index (κ2) is 11.8. The first kappa shape index (κ1) is 26.8. The summed E-state index contributed by atoms with van der Waals surface area (Å²) in [6, 6.07) is 7.47. The number of hydrogen-bond donors (Lipinski definition) is 3. The van der Waals surface area contributed by atoms with Crippen LogP contribution in [0.4, 0.5) is 16.5 Å². The molecule has 196 valence electrons. The average molecular weight is 562 g/mol. The first-order valence-electron chi connectivity index (χ1n) is 11.7. The highest BCUT2D eigenvalue weighted by Gasteiger charge is 2.26. The van der Waals surface area contributed by atoms with Crippen molar-refractivity contribution in [2.75, 3.05) is 29.1 Å². The van der Waals surface area contributed by atoms with Crippen molar-refractivity contribution in [1.29, 1.82) is 0 Å². The molecular weight excluding hydrogens is 534 g/mol. The van der Waals surface area contributed by atoms with E-state index in [1.807, 2.05) is 0 Å². The molecule has 37 heavy (non-hydrogen) atoms. The molecule has 2 heterocycles. The fourth-order valence-corrected chi connectivity index (χ4v) is 6.50. The number of rotatable bonds is 8. The van der Waals surface area contributed by atoms with Crippen LogP contribution in [0.25, 0.3) is 0 Å². The van der Waals surface area contributed by atoms with E-state index in [1.54, 1.807) is 19.1 Å². The van der Waals surface area contributed by atoms with Crippen LogP contribution in [-0.4, -0.2) is 43.2 Å². The van der Waals surface area contributed by atoms with Crippen LogP contribution in [0.1, 0.15) is 47.0 Å². The van der Waals surface area contributed by atoms with Crippen LogP contribution in [0.5, 0.6) is 5.88 Å². The van der Waals surface area contributed by atoms with Crippen LogP contribution < -0.4 is 20.1 Å². The molecule has 4 rings (SSSR count). The number of carbonyl (C=O) groups excluding carboxylic acids is 1. The van der Waals surface area contributed by atoms with Crippen LogP contribution in [0.15, 0.2) is 41.6 Å². The summed E-state index contributed by atoms with van der Waals surface area (Å²) in [6.07, 6.45) is 6.24. The molecule has 2 aromatic heterocycles. The van der Waals surface area contributed by atoms with Crippen LogP contribution in [0, 0.1) is 0 Å². The summed E-state index contributed by atoms with van der Waals surface area (Å²) >= 11 is 7.02. The second-order valence-corrected chi connectivity index (χ2v) is 11.3. The average Bonchev–Trinajstić information content (AvgIpc) is 3.04. The van der Waals surface area contributed by atoms with Gasteiger partial charge >= 0.3 is 5.97 Å². The fraction of sp³-hybridized carbons (Fsp3) is 0.333. The number of esters is 1. The lowest BCUT2D eigenvalue weighted by Crippen LogP contribution is -2.20. The smallest absolute Gasteiger partial charge is 0.341 e. The predicted octanol–water partition coefficient (Wildman–Crippen LogP) is 4.60. The van der Waals surface area contributed by atoms with Gasteiger partial charge in [0.1, 0.15) is 17.1 Å². The molecule has 13 heteroatoms. The molecule has 0 saturated carbocycles. The lowest BCUT2D eigenvalue weighted by molar-refractivity contribution is 0.0527. The van der Waals surface area contributed by atoms with Crippen molar-refractivity contribution in [3.63, 3.8) is 0 Å². The Kier molecular flexibility index (Phi) is 8.56. The first-order chi connectivity index (χ1) is 17.8. The maximum atomic E-state index is 12.8. The van der Waals surface area contributed by atoms with Crippen LogP contribution >= 0.6 is 23.6 Å². The van der Waals surface area contributed by atoms with E-state index in [2.05, 4.69) is 25.3 Å². The summed E-state index contributed by atoms with van der Waals surface area (Å²) < 4.78 is 38.2. The molecule has 0 unspecified atom stereocenters. The summed E-state index contributed by atoms with van der Waals surface area (Å²) in [5.41, 5.74) is 2.19. The molecule has 0 radical (unpaired) electrons. The van der Waals surface area contributed by atoms with E-state index in [9.17, 15) is 13.2 Å². The van der Waals surface area contributed by atoms with Crippen LogP contribution in [0.3, 0.4) is 0 Å². The molecule has 3 N–H and O–H groups in total. The lowest BCUT2D eigenvalue weighted by atomic mass is 10.1. The maximum absolute atomic E-state index is 12.8. The van der Waals surface area contributed by atoms with Crippen molar-refractivity contribution in [1.82, 2.24) is 9.97 Å². The molecule has 0 amide bonds. The molecule has 3 aromatic rings. The fourth-order valence-electron chi connectivity index (χ4n) is 3.94. The number of thiocarbonyl (C=S) groups is 1. The van der Waals surface area contributed by atoms with Crippen molar-refractivity contribution in [3.05, 3.63) is 52.7 Å². The van der Waals surface area contributed by atoms with Gasteiger partial charge in [0, 0.05) is 16.6 Å². The van der Waals surface area contributed by atoms with Gasteiger partial charge in [0.25, 0.3) is 10.0 Å². The van der Waals surface area contributed by atoms with Crippen molar-refractivity contribution in [3.8, 4) is 5.88 Å². The first-order valence-corrected chi connectivity index (χ1v) is 14.4. The zero-order valence-electron chi connectivity index (χ0n) is 20.4. The zero-order chi connectivity index (χ0) is 26.4. The van der Waals surface area contributed by atoms with Gasteiger partial charge in [0.2, 0.25) is 5.88 Å². The van der Waals surface area contributed by atoms with E-state index < -0.39 is 10.0 Å². The normalized spacial score (nSPS) is 13.1. The van der Waals surface area contributed by atoms with Gasteiger partial charge in [-0.2, -0.15) is 0 Å². The number of carbonyl (C=O) groups is 1. The quantitative estimate of drug-likeness (QED) is 0.204. The number of nitrogens with one attached hydrogen (secondary N) is 3. The maximum Gasteiger partial charge on any atom is 0.341 e. The van der Waals surface area contributed by atoms with E-state index >= 15 is 0 Å². The third-order valence-electron chi connectivity index (χ3n) is 5.64. The lowest BCUT2D eigenvalue weighted by Gasteiger charge is -2.12. The number of methoxy groups -OCH3 is 1. The molecule has 0 saturated heterocycles. The Morgan fingerprint density at radius 2 is 1.86 bits per heavy atom. The monoisotopic (exact) mass is 561 g/mol. The van der Waals surface area contributed by atoms with Crippen molar-refractivity contribution >= 4 is 61.2 Å². The number of aromatic nitrogens is 2. The molecule has 1 aromatic carbocycles. The van der Waals surface area contributed by atoms with Crippen molar-refractivity contribution in [2.24, 2.45) is 0 Å². The van der Waals surface area contributed by atoms with Gasteiger partial charge in [-0.25, -0.2) is 23.2 Å². The summed E-state index contributed by atoms with van der Waals surface area (Å²) in [5.74, 6) is -0.0247. The second-order valence-electron chi connectivity index (χ2n) is 8.14. The van der Waals surface area contributed by atoms with E-state index in [1.165, 1.54) is 47.9 Å². The van der Waals surface area contributed by atoms with Gasteiger partial charge in [-0.1, -0.05) is 6.42 Å². The Hall–Kier alpha value is -3.29. The number of ether oxygens (including phenoxy) is 2. The number of fused-ring (bicyclic) bond motifs is 1. The Labute approximate surface area is 224 Å². The van der Waals surface area contributed by atoms with Gasteiger partial charge in [-0.05, 0) is 74.7 Å². The van der Waals surface area contributed by atoms with Gasteiger partial charge in [0.05, 0.1) is 24.2 Å². The van der Waals surface area contributed by atoms with Gasteiger partial charge in [-0.3, -0.25) is 4.72 Å². The van der Waals surface area contributed by atoms with Gasteiger partial charge < -0.3 is 20.1 Å². The summed E-state index contributed by atoms with van der Waals surface area (Å²) in [5, 5.41) is 7.13. The van der Waals surface area contributed by atoms with Crippen molar-refractivity contribution in [2.45, 2.75) is 43.9 Å². The topological polar surface area (TPSA) is 132 Å². The zero-order valence-corrected chi connectivity index (χ0v) is 22.8. The minimum Gasteiger partial charge on any atom is -0.481 e. The number of nitrogens with zero attached hydrogens (tertiary/aromatic N) is 2. The number of sulfonamides is 1. The highest BCUT2D eigenvalue weighted by atomic mass is 32.2. The number of benzene rings is 1. The van der Waals surface area contributed by atoms with Gasteiger partial charge in [0.15, 0.2) is 5.11 Å². The molecule has 0 fully saturated rings. The van der Waals surface area contributed by atoms with Gasteiger partial charge in [-0.15, -0.1) is 11.3 Å². The van der Waals surface area contributed by atoms with E-state index in [0.717, 1.165) is 37.7 Å². The molecule has 0 aliphatic heterocycles. The summed E-state index contributed by atoms with van der Waals surface area (Å²) in [4.78, 5) is 21.7. The number of anilines is 3. The third-order valence-corrected chi connectivity index (χ3v) is 8.42. The van der Waals surface area contributed by atoms with E-state index in [4.69, 9.17) is 21.7 Å². The Balaban J connectivity index is 1.46. The molecule has 0 spiro atoms. The highest BCUT2D eigenvalue weighted by molar-refractivity contribution is 7.92. The number of aryl methyl sites for hydroxylation is 1. The number of thiophene rings is 1. The SMILES string of the molecule is CCOC(=O)c1c(NC(=S)Nc2ccc(S(=O)(=O)Nc3cc(OC)ncn3)cc2)sc2c1CCCCC2. The summed E-state index contributed by atoms with van der Waals surface area (Å²) in [6.45, 7) is 2.08. The largest absolute Gasteiger partial charge is 0.481 e. The Bertz CT molecular complexity index is 1390. The molecular formula is C24H27N5O5S3. The third kappa shape index (κ3) is 6.53. The molecule has 1 aliphatic rings. The summed E-state index contributed by atoms with van der Waals surface area (Å²) in [7, 11) is -2.45. The molecule has 0 atom stereocenters. The molecule has 0 bridgehead atoms.